The number of Topliss-reactive ketones (excluding diaryl/α,β-unsaturated/α-hetero) is 2. The number of fused-ring (bicyclic) bond motifs is 1. The van der Waals surface area contributed by atoms with E-state index >= 15 is 0 Å². The molecule has 90 valence electrons. The van der Waals surface area contributed by atoms with Crippen molar-refractivity contribution < 1.29 is 9.59 Å². The predicted octanol–water partition coefficient (Wildman–Crippen LogP) is 1.90. The zero-order valence-corrected chi connectivity index (χ0v) is 9.69. The van der Waals surface area contributed by atoms with E-state index in [1.165, 1.54) is 24.3 Å². The number of carbonyl (C=O) groups is 2. The maximum Gasteiger partial charge on any atom is 0.196 e. The average molecular weight is 240 g/mol. The number of carbonyl (C=O) groups excluding carboxylic acids is 2. The van der Waals surface area contributed by atoms with E-state index in [-0.39, 0.29) is 45.2 Å². The Hall–Kier alpha value is -2.62. The lowest BCUT2D eigenvalue weighted by Crippen LogP contribution is -2.22. The Kier molecular flexibility index (Phi) is 2.63. The first kappa shape index (κ1) is 11.9. The molecule has 0 spiro atoms. The lowest BCUT2D eigenvalue weighted by molar-refractivity contribution is 0.0981. The summed E-state index contributed by atoms with van der Waals surface area (Å²) in [5.74, 6) is -0.638. The molecule has 1 aromatic carbocycles. The van der Waals surface area contributed by atoms with Gasteiger partial charge in [-0.2, -0.15) is 0 Å². The van der Waals surface area contributed by atoms with Crippen molar-refractivity contribution in [3.63, 3.8) is 0 Å². The van der Waals surface area contributed by atoms with E-state index in [1.54, 1.807) is 0 Å². The van der Waals surface area contributed by atoms with E-state index in [4.69, 9.17) is 11.5 Å². The summed E-state index contributed by atoms with van der Waals surface area (Å²) in [6, 6.07) is 3.02. The normalized spacial score (nSPS) is 14.4. The molecule has 4 nitrogen and oxygen atoms in total. The number of hydrogen-bond acceptors (Lipinski definition) is 4. The Morgan fingerprint density at radius 2 is 1.50 bits per heavy atom. The number of anilines is 2. The van der Waals surface area contributed by atoms with E-state index in [0.29, 0.717) is 0 Å². The third-order valence-corrected chi connectivity index (χ3v) is 2.94. The molecule has 0 atom stereocenters. The Bertz CT molecular complexity index is 639. The van der Waals surface area contributed by atoms with Crippen LogP contribution in [0, 0.1) is 0 Å². The second-order valence-electron chi connectivity index (χ2n) is 3.88. The molecule has 0 radical (unpaired) electrons. The first-order valence-corrected chi connectivity index (χ1v) is 5.29. The molecule has 0 aliphatic heterocycles. The highest BCUT2D eigenvalue weighted by Crippen LogP contribution is 2.33. The van der Waals surface area contributed by atoms with Crippen molar-refractivity contribution in [2.24, 2.45) is 0 Å². The minimum atomic E-state index is -0.348. The Labute approximate surface area is 104 Å². The van der Waals surface area contributed by atoms with Gasteiger partial charge in [0.1, 0.15) is 0 Å². The standard InChI is InChI=1S/C14H12N2O2/c1-3-7-8(4-2)14(18)11-9(13(7)17)5-6-10(15)12(11)16/h3-6H,1-2,15-16H2. The molecule has 4 N–H and O–H groups in total. The second kappa shape index (κ2) is 4.00. The van der Waals surface area contributed by atoms with Crippen LogP contribution < -0.4 is 11.5 Å². The van der Waals surface area contributed by atoms with Crippen molar-refractivity contribution >= 4 is 22.9 Å². The Balaban J connectivity index is 2.84. The van der Waals surface area contributed by atoms with Gasteiger partial charge in [0.2, 0.25) is 0 Å². The fourth-order valence-electron chi connectivity index (χ4n) is 2.00. The smallest absolute Gasteiger partial charge is 0.196 e. The summed E-state index contributed by atoms with van der Waals surface area (Å²) in [5, 5.41) is 0. The van der Waals surface area contributed by atoms with Crippen molar-refractivity contribution in [1.29, 1.82) is 0 Å². The summed E-state index contributed by atoms with van der Waals surface area (Å²) in [4.78, 5) is 24.5. The van der Waals surface area contributed by atoms with Gasteiger partial charge in [0.15, 0.2) is 11.6 Å². The van der Waals surface area contributed by atoms with Gasteiger partial charge in [-0.3, -0.25) is 9.59 Å². The SMILES string of the molecule is C=CC1=C(C=C)C(=O)c2c(ccc(N)c2N)C1=O. The molecular formula is C14H12N2O2. The highest BCUT2D eigenvalue weighted by Gasteiger charge is 2.31. The maximum absolute atomic E-state index is 12.3. The highest BCUT2D eigenvalue weighted by atomic mass is 16.1. The van der Waals surface area contributed by atoms with Crippen molar-refractivity contribution in [3.8, 4) is 0 Å². The maximum atomic E-state index is 12.3. The Morgan fingerprint density at radius 3 is 2.06 bits per heavy atom. The summed E-state index contributed by atoms with van der Waals surface area (Å²) in [6.07, 6.45) is 2.69. The van der Waals surface area contributed by atoms with Crippen molar-refractivity contribution in [2.75, 3.05) is 11.5 Å². The van der Waals surface area contributed by atoms with E-state index in [1.807, 2.05) is 0 Å². The number of hydrogen-bond donors (Lipinski definition) is 2. The molecule has 2 rings (SSSR count). The molecule has 0 unspecified atom stereocenters. The van der Waals surface area contributed by atoms with Gasteiger partial charge >= 0.3 is 0 Å². The molecule has 1 aromatic rings. The highest BCUT2D eigenvalue weighted by molar-refractivity contribution is 6.31. The third-order valence-electron chi connectivity index (χ3n) is 2.94. The van der Waals surface area contributed by atoms with E-state index in [0.717, 1.165) is 0 Å². The molecule has 0 heterocycles. The van der Waals surface area contributed by atoms with Gasteiger partial charge in [-0.25, -0.2) is 0 Å². The molecule has 18 heavy (non-hydrogen) atoms. The molecule has 0 amide bonds. The monoisotopic (exact) mass is 240 g/mol. The van der Waals surface area contributed by atoms with Crippen LogP contribution in [-0.2, 0) is 0 Å². The van der Waals surface area contributed by atoms with Crippen LogP contribution in [0.2, 0.25) is 0 Å². The van der Waals surface area contributed by atoms with Crippen LogP contribution in [0.5, 0.6) is 0 Å². The summed E-state index contributed by atoms with van der Waals surface area (Å²) in [7, 11) is 0. The largest absolute Gasteiger partial charge is 0.397 e. The summed E-state index contributed by atoms with van der Waals surface area (Å²) in [6.45, 7) is 7.09. The molecule has 0 saturated carbocycles. The number of ketones is 2. The molecule has 0 fully saturated rings. The van der Waals surface area contributed by atoms with Gasteiger partial charge in [0, 0.05) is 16.7 Å². The molecule has 0 aromatic heterocycles. The topological polar surface area (TPSA) is 86.2 Å². The lowest BCUT2D eigenvalue weighted by atomic mass is 9.83. The minimum Gasteiger partial charge on any atom is -0.397 e. The lowest BCUT2D eigenvalue weighted by Gasteiger charge is -2.19. The number of nitrogens with two attached hydrogens (primary N) is 2. The third kappa shape index (κ3) is 1.39. The van der Waals surface area contributed by atoms with Crippen LogP contribution >= 0.6 is 0 Å². The number of benzene rings is 1. The van der Waals surface area contributed by atoms with Crippen LogP contribution in [0.15, 0.2) is 48.6 Å². The van der Waals surface area contributed by atoms with Crippen LogP contribution in [-0.4, -0.2) is 11.6 Å². The van der Waals surface area contributed by atoms with Crippen molar-refractivity contribution in [3.05, 3.63) is 59.7 Å². The molecule has 0 bridgehead atoms. The van der Waals surface area contributed by atoms with Gasteiger partial charge in [-0.1, -0.05) is 25.3 Å². The first-order chi connectivity index (χ1) is 8.52. The quantitative estimate of drug-likeness (QED) is 0.773. The first-order valence-electron chi connectivity index (χ1n) is 5.29. The zero-order chi connectivity index (χ0) is 13.4. The number of nitrogen functional groups attached to an aromatic ring is 2. The number of rotatable bonds is 2. The van der Waals surface area contributed by atoms with Gasteiger partial charge in [0.05, 0.1) is 16.9 Å². The Morgan fingerprint density at radius 1 is 0.944 bits per heavy atom. The molecule has 1 aliphatic carbocycles. The predicted molar refractivity (Wildman–Crippen MR) is 71.3 cm³/mol. The van der Waals surface area contributed by atoms with Crippen LogP contribution in [0.4, 0.5) is 11.4 Å². The molecular weight excluding hydrogens is 228 g/mol. The minimum absolute atomic E-state index is 0.133. The summed E-state index contributed by atoms with van der Waals surface area (Å²) < 4.78 is 0. The molecule has 1 aliphatic rings. The fourth-order valence-corrected chi connectivity index (χ4v) is 2.00. The molecule has 4 heteroatoms. The van der Waals surface area contributed by atoms with E-state index in [2.05, 4.69) is 13.2 Å². The van der Waals surface area contributed by atoms with Gasteiger partial charge in [-0.15, -0.1) is 0 Å². The van der Waals surface area contributed by atoms with E-state index in [9.17, 15) is 9.59 Å². The summed E-state index contributed by atoms with van der Waals surface area (Å²) >= 11 is 0. The van der Waals surface area contributed by atoms with Crippen molar-refractivity contribution in [2.45, 2.75) is 0 Å². The average Bonchev–Trinajstić information content (AvgIpc) is 2.36. The van der Waals surface area contributed by atoms with E-state index < -0.39 is 0 Å². The van der Waals surface area contributed by atoms with Gasteiger partial charge in [-0.05, 0) is 12.1 Å². The molecule has 0 saturated heterocycles. The van der Waals surface area contributed by atoms with Gasteiger partial charge < -0.3 is 11.5 Å². The van der Waals surface area contributed by atoms with Crippen LogP contribution in [0.25, 0.3) is 0 Å². The number of allylic oxidation sites excluding steroid dienone is 4. The van der Waals surface area contributed by atoms with Crippen LogP contribution in [0.1, 0.15) is 20.7 Å². The zero-order valence-electron chi connectivity index (χ0n) is 9.69. The van der Waals surface area contributed by atoms with Crippen LogP contribution in [0.3, 0.4) is 0 Å². The summed E-state index contributed by atoms with van der Waals surface area (Å²) in [5.41, 5.74) is 12.7. The fraction of sp³-hybridized carbons (Fsp3) is 0. The van der Waals surface area contributed by atoms with Crippen molar-refractivity contribution in [1.82, 2.24) is 0 Å². The van der Waals surface area contributed by atoms with Gasteiger partial charge in [0.25, 0.3) is 0 Å². The second-order valence-corrected chi connectivity index (χ2v) is 3.88.